The van der Waals surface area contributed by atoms with E-state index in [1.807, 2.05) is 0 Å². The van der Waals surface area contributed by atoms with Gasteiger partial charge >= 0.3 is 5.97 Å². The molecule has 0 unspecified atom stereocenters. The zero-order valence-corrected chi connectivity index (χ0v) is 9.86. The molecule has 0 radical (unpaired) electrons. The number of nitrogens with two attached hydrogens (primary N) is 1. The summed E-state index contributed by atoms with van der Waals surface area (Å²) in [5.74, 6) is -0.439. The molecule has 0 spiro atoms. The van der Waals surface area contributed by atoms with Gasteiger partial charge < -0.3 is 14.9 Å². The molecule has 0 amide bonds. The number of rotatable bonds is 3. The SMILES string of the molecule is COC(=O)c1cc(N)ccc1Sc1ncco1. The summed E-state index contributed by atoms with van der Waals surface area (Å²) >= 11 is 1.24. The Morgan fingerprint density at radius 3 is 3.00 bits per heavy atom. The van der Waals surface area contributed by atoms with Crippen LogP contribution < -0.4 is 5.73 Å². The number of esters is 1. The van der Waals surface area contributed by atoms with Crippen molar-refractivity contribution in [1.82, 2.24) is 4.98 Å². The highest BCUT2D eigenvalue weighted by atomic mass is 32.2. The van der Waals surface area contributed by atoms with Crippen molar-refractivity contribution in [3.8, 4) is 0 Å². The Morgan fingerprint density at radius 2 is 2.35 bits per heavy atom. The molecule has 2 rings (SSSR count). The van der Waals surface area contributed by atoms with Gasteiger partial charge in [-0.1, -0.05) is 0 Å². The molecule has 0 saturated carbocycles. The summed E-state index contributed by atoms with van der Waals surface area (Å²) in [7, 11) is 1.32. The fourth-order valence-electron chi connectivity index (χ4n) is 1.26. The second-order valence-electron chi connectivity index (χ2n) is 3.15. The number of aromatic nitrogens is 1. The number of hydrogen-bond donors (Lipinski definition) is 1. The topological polar surface area (TPSA) is 78.4 Å². The molecule has 2 aromatic rings. The Balaban J connectivity index is 2.35. The van der Waals surface area contributed by atoms with E-state index in [-0.39, 0.29) is 0 Å². The molecule has 5 nitrogen and oxygen atoms in total. The minimum atomic E-state index is -0.439. The lowest BCUT2D eigenvalue weighted by Crippen LogP contribution is -2.04. The van der Waals surface area contributed by atoms with Gasteiger partial charge in [0.05, 0.1) is 18.9 Å². The highest BCUT2D eigenvalue weighted by molar-refractivity contribution is 7.99. The third-order valence-corrected chi connectivity index (χ3v) is 2.97. The zero-order valence-electron chi connectivity index (χ0n) is 9.04. The minimum Gasteiger partial charge on any atom is -0.465 e. The zero-order chi connectivity index (χ0) is 12.3. The molecular formula is C11H10N2O3S. The first kappa shape index (κ1) is 11.5. The number of benzene rings is 1. The first-order valence-electron chi connectivity index (χ1n) is 4.76. The first-order valence-corrected chi connectivity index (χ1v) is 5.57. The van der Waals surface area contributed by atoms with Crippen LogP contribution in [0.2, 0.25) is 0 Å². The predicted molar refractivity (Wildman–Crippen MR) is 62.8 cm³/mol. The van der Waals surface area contributed by atoms with E-state index in [1.165, 1.54) is 31.3 Å². The molecule has 0 atom stereocenters. The van der Waals surface area contributed by atoms with Gasteiger partial charge in [0.1, 0.15) is 6.26 Å². The van der Waals surface area contributed by atoms with Gasteiger partial charge in [-0.3, -0.25) is 0 Å². The molecule has 6 heteroatoms. The van der Waals surface area contributed by atoms with Crippen LogP contribution in [-0.2, 0) is 4.74 Å². The van der Waals surface area contributed by atoms with Crippen molar-refractivity contribution in [2.75, 3.05) is 12.8 Å². The minimum absolute atomic E-state index is 0.399. The maximum Gasteiger partial charge on any atom is 0.339 e. The molecule has 1 heterocycles. The highest BCUT2D eigenvalue weighted by Crippen LogP contribution is 2.30. The maximum atomic E-state index is 11.6. The normalized spacial score (nSPS) is 10.2. The van der Waals surface area contributed by atoms with Crippen molar-refractivity contribution < 1.29 is 13.9 Å². The van der Waals surface area contributed by atoms with Gasteiger partial charge in [-0.25, -0.2) is 9.78 Å². The van der Waals surface area contributed by atoms with E-state index < -0.39 is 5.97 Å². The first-order chi connectivity index (χ1) is 8.20. The van der Waals surface area contributed by atoms with Crippen LogP contribution in [0.4, 0.5) is 5.69 Å². The molecule has 2 N–H and O–H groups in total. The fourth-order valence-corrected chi connectivity index (χ4v) is 2.05. The van der Waals surface area contributed by atoms with Gasteiger partial charge in [-0.15, -0.1) is 0 Å². The van der Waals surface area contributed by atoms with Crippen LogP contribution in [0.25, 0.3) is 0 Å². The molecular weight excluding hydrogens is 240 g/mol. The Morgan fingerprint density at radius 1 is 1.53 bits per heavy atom. The summed E-state index contributed by atoms with van der Waals surface area (Å²) in [5, 5.41) is 0.458. The summed E-state index contributed by atoms with van der Waals surface area (Å²) in [6.45, 7) is 0. The van der Waals surface area contributed by atoms with Gasteiger partial charge in [-0.05, 0) is 30.0 Å². The number of methoxy groups -OCH3 is 1. The highest BCUT2D eigenvalue weighted by Gasteiger charge is 2.14. The third kappa shape index (κ3) is 2.59. The molecule has 1 aromatic heterocycles. The van der Waals surface area contributed by atoms with E-state index >= 15 is 0 Å². The van der Waals surface area contributed by atoms with Crippen LogP contribution in [-0.4, -0.2) is 18.1 Å². The molecule has 0 aliphatic carbocycles. The van der Waals surface area contributed by atoms with Crippen molar-refractivity contribution in [2.24, 2.45) is 0 Å². The Kier molecular flexibility index (Phi) is 3.34. The third-order valence-electron chi connectivity index (χ3n) is 2.02. The predicted octanol–water partition coefficient (Wildman–Crippen LogP) is 2.19. The summed E-state index contributed by atoms with van der Waals surface area (Å²) in [4.78, 5) is 16.2. The summed E-state index contributed by atoms with van der Waals surface area (Å²) in [6, 6.07) is 5.01. The Hall–Kier alpha value is -1.95. The largest absolute Gasteiger partial charge is 0.465 e. The second kappa shape index (κ2) is 4.92. The van der Waals surface area contributed by atoms with Gasteiger partial charge in [0.15, 0.2) is 0 Å². The van der Waals surface area contributed by atoms with E-state index in [0.29, 0.717) is 21.4 Å². The van der Waals surface area contributed by atoms with Crippen LogP contribution in [0.5, 0.6) is 0 Å². The van der Waals surface area contributed by atoms with E-state index in [2.05, 4.69) is 4.98 Å². The van der Waals surface area contributed by atoms with Gasteiger partial charge in [0.2, 0.25) is 0 Å². The molecule has 1 aromatic carbocycles. The average molecular weight is 250 g/mol. The van der Waals surface area contributed by atoms with Crippen LogP contribution in [0.3, 0.4) is 0 Å². The van der Waals surface area contributed by atoms with Crippen molar-refractivity contribution in [3.05, 3.63) is 36.2 Å². The van der Waals surface area contributed by atoms with Crippen molar-refractivity contribution in [2.45, 2.75) is 10.1 Å². The Labute approximate surface area is 102 Å². The monoisotopic (exact) mass is 250 g/mol. The maximum absolute atomic E-state index is 11.6. The van der Waals surface area contributed by atoms with Crippen LogP contribution in [0, 0.1) is 0 Å². The standard InChI is InChI=1S/C11H10N2O3S/c1-15-10(14)8-6-7(12)2-3-9(8)17-11-13-4-5-16-11/h2-6H,12H2,1H3. The molecule has 0 aliphatic rings. The average Bonchev–Trinajstić information content (AvgIpc) is 2.83. The van der Waals surface area contributed by atoms with Crippen LogP contribution in [0.1, 0.15) is 10.4 Å². The number of ether oxygens (including phenoxy) is 1. The second-order valence-corrected chi connectivity index (χ2v) is 4.14. The number of nitrogens with zero attached hydrogens (tertiary/aromatic N) is 1. The van der Waals surface area contributed by atoms with E-state index in [4.69, 9.17) is 14.9 Å². The Bertz CT molecular complexity index is 526. The summed E-state index contributed by atoms with van der Waals surface area (Å²) in [6.07, 6.45) is 3.01. The lowest BCUT2D eigenvalue weighted by molar-refractivity contribution is 0.0597. The molecule has 88 valence electrons. The van der Waals surface area contributed by atoms with Crippen LogP contribution in [0.15, 0.2) is 45.2 Å². The van der Waals surface area contributed by atoms with Gasteiger partial charge in [0.25, 0.3) is 5.22 Å². The molecule has 0 saturated heterocycles. The molecule has 0 aliphatic heterocycles. The van der Waals surface area contributed by atoms with Crippen molar-refractivity contribution in [1.29, 1.82) is 0 Å². The van der Waals surface area contributed by atoms with Crippen LogP contribution >= 0.6 is 11.8 Å². The lowest BCUT2D eigenvalue weighted by Gasteiger charge is -2.06. The molecule has 0 bridgehead atoms. The van der Waals surface area contributed by atoms with Gasteiger partial charge in [0, 0.05) is 10.6 Å². The van der Waals surface area contributed by atoms with E-state index in [0.717, 1.165) is 0 Å². The number of hydrogen-bond acceptors (Lipinski definition) is 6. The number of carbonyl (C=O) groups excluding carboxylic acids is 1. The van der Waals surface area contributed by atoms with Gasteiger partial charge in [-0.2, -0.15) is 0 Å². The number of anilines is 1. The van der Waals surface area contributed by atoms with E-state index in [9.17, 15) is 4.79 Å². The van der Waals surface area contributed by atoms with Crippen molar-refractivity contribution >= 4 is 23.4 Å². The number of oxazole rings is 1. The molecule has 17 heavy (non-hydrogen) atoms. The molecule has 0 fully saturated rings. The summed E-state index contributed by atoms with van der Waals surface area (Å²) < 4.78 is 9.80. The number of carbonyl (C=O) groups is 1. The lowest BCUT2D eigenvalue weighted by atomic mass is 10.2. The summed E-state index contributed by atoms with van der Waals surface area (Å²) in [5.41, 5.74) is 6.54. The quantitative estimate of drug-likeness (QED) is 0.664. The smallest absolute Gasteiger partial charge is 0.339 e. The van der Waals surface area contributed by atoms with Crippen molar-refractivity contribution in [3.63, 3.8) is 0 Å². The van der Waals surface area contributed by atoms with E-state index in [1.54, 1.807) is 18.2 Å². The number of nitrogen functional groups attached to an aromatic ring is 1. The fraction of sp³-hybridized carbons (Fsp3) is 0.0909.